The van der Waals surface area contributed by atoms with Crippen molar-refractivity contribution < 1.29 is 4.79 Å². The average molecular weight is 247 g/mol. The summed E-state index contributed by atoms with van der Waals surface area (Å²) in [5.74, 6) is 0.904. The Hall–Kier alpha value is -1.71. The van der Waals surface area contributed by atoms with Gasteiger partial charge in [-0.25, -0.2) is 0 Å². The number of benzene rings is 1. The maximum atomic E-state index is 11.1. The first-order valence-electron chi connectivity index (χ1n) is 6.41. The van der Waals surface area contributed by atoms with Gasteiger partial charge in [-0.15, -0.1) is 0 Å². The molecule has 1 heterocycles. The summed E-state index contributed by atoms with van der Waals surface area (Å²) in [6.45, 7) is 6.56. The predicted molar refractivity (Wildman–Crippen MR) is 74.5 cm³/mol. The SMILES string of the molecule is C[C@@H]1C[C@@H](C)CN(c2ccc(C(N)=O)cc2N)C1. The quantitative estimate of drug-likeness (QED) is 0.783. The van der Waals surface area contributed by atoms with Crippen LogP contribution in [0.15, 0.2) is 18.2 Å². The molecule has 1 aliphatic heterocycles. The zero-order chi connectivity index (χ0) is 13.3. The third-order valence-electron chi connectivity index (χ3n) is 3.52. The Balaban J connectivity index is 2.25. The Bertz CT molecular complexity index is 448. The zero-order valence-corrected chi connectivity index (χ0v) is 11.0. The topological polar surface area (TPSA) is 72.3 Å². The van der Waals surface area contributed by atoms with Crippen molar-refractivity contribution in [2.45, 2.75) is 20.3 Å². The Labute approximate surface area is 108 Å². The number of piperidine rings is 1. The van der Waals surface area contributed by atoms with Crippen LogP contribution >= 0.6 is 0 Å². The summed E-state index contributed by atoms with van der Waals surface area (Å²) >= 11 is 0. The third-order valence-corrected chi connectivity index (χ3v) is 3.52. The number of hydrogen-bond acceptors (Lipinski definition) is 3. The highest BCUT2D eigenvalue weighted by atomic mass is 16.1. The Morgan fingerprint density at radius 1 is 1.28 bits per heavy atom. The van der Waals surface area contributed by atoms with Gasteiger partial charge in [0.1, 0.15) is 0 Å². The summed E-state index contributed by atoms with van der Waals surface area (Å²) in [5.41, 5.74) is 13.4. The summed E-state index contributed by atoms with van der Waals surface area (Å²) in [4.78, 5) is 13.4. The standard InChI is InChI=1S/C14H21N3O/c1-9-5-10(2)8-17(7-9)13-4-3-11(14(16)18)6-12(13)15/h3-4,6,9-10H,5,7-8,15H2,1-2H3,(H2,16,18)/t9-,10-/m1/s1. The molecule has 0 radical (unpaired) electrons. The molecule has 0 aromatic heterocycles. The molecule has 0 aliphatic carbocycles. The van der Waals surface area contributed by atoms with Crippen molar-refractivity contribution in [3.63, 3.8) is 0 Å². The van der Waals surface area contributed by atoms with Crippen LogP contribution in [0.1, 0.15) is 30.6 Å². The Morgan fingerprint density at radius 3 is 2.39 bits per heavy atom. The van der Waals surface area contributed by atoms with Crippen molar-refractivity contribution in [2.24, 2.45) is 17.6 Å². The van der Waals surface area contributed by atoms with Crippen LogP contribution in [0.5, 0.6) is 0 Å². The minimum absolute atomic E-state index is 0.436. The summed E-state index contributed by atoms with van der Waals surface area (Å²) in [7, 11) is 0. The van der Waals surface area contributed by atoms with Gasteiger partial charge < -0.3 is 16.4 Å². The maximum absolute atomic E-state index is 11.1. The molecule has 4 N–H and O–H groups in total. The summed E-state index contributed by atoms with van der Waals surface area (Å²) < 4.78 is 0. The van der Waals surface area contributed by atoms with Crippen LogP contribution in [-0.2, 0) is 0 Å². The normalized spacial score (nSPS) is 24.0. The van der Waals surface area contributed by atoms with Crippen molar-refractivity contribution in [1.82, 2.24) is 0 Å². The first kappa shape index (κ1) is 12.7. The van der Waals surface area contributed by atoms with Crippen molar-refractivity contribution in [3.05, 3.63) is 23.8 Å². The lowest BCUT2D eigenvalue weighted by molar-refractivity contribution is 0.100. The van der Waals surface area contributed by atoms with E-state index in [2.05, 4.69) is 18.7 Å². The fourth-order valence-corrected chi connectivity index (χ4v) is 2.86. The van der Waals surface area contributed by atoms with Crippen molar-refractivity contribution in [1.29, 1.82) is 0 Å². The molecule has 98 valence electrons. The minimum Gasteiger partial charge on any atom is -0.397 e. The van der Waals surface area contributed by atoms with E-state index >= 15 is 0 Å². The smallest absolute Gasteiger partial charge is 0.248 e. The van der Waals surface area contributed by atoms with E-state index in [0.717, 1.165) is 18.8 Å². The molecule has 2 rings (SSSR count). The van der Waals surface area contributed by atoms with E-state index in [1.54, 1.807) is 12.1 Å². The van der Waals surface area contributed by atoms with Crippen LogP contribution in [0, 0.1) is 11.8 Å². The first-order valence-corrected chi connectivity index (χ1v) is 6.41. The molecule has 1 aromatic rings. The van der Waals surface area contributed by atoms with Crippen LogP contribution in [0.3, 0.4) is 0 Å². The van der Waals surface area contributed by atoms with Gasteiger partial charge in [0, 0.05) is 18.7 Å². The molecule has 4 heteroatoms. The third kappa shape index (κ3) is 2.58. The van der Waals surface area contributed by atoms with Gasteiger partial charge in [-0.1, -0.05) is 13.8 Å². The van der Waals surface area contributed by atoms with Crippen LogP contribution in [0.2, 0.25) is 0 Å². The lowest BCUT2D eigenvalue weighted by Gasteiger charge is -2.37. The van der Waals surface area contributed by atoms with Crippen LogP contribution < -0.4 is 16.4 Å². The van der Waals surface area contributed by atoms with Crippen molar-refractivity contribution in [3.8, 4) is 0 Å². The molecule has 2 atom stereocenters. The maximum Gasteiger partial charge on any atom is 0.248 e. The molecule has 4 nitrogen and oxygen atoms in total. The van der Waals surface area contributed by atoms with Gasteiger partial charge in [0.25, 0.3) is 0 Å². The molecule has 1 aliphatic rings. The lowest BCUT2D eigenvalue weighted by atomic mass is 9.91. The second-order valence-electron chi connectivity index (χ2n) is 5.49. The summed E-state index contributed by atoms with van der Waals surface area (Å²) in [5, 5.41) is 0. The van der Waals surface area contributed by atoms with E-state index in [1.807, 2.05) is 6.07 Å². The average Bonchev–Trinajstić information content (AvgIpc) is 2.27. The van der Waals surface area contributed by atoms with E-state index in [4.69, 9.17) is 11.5 Å². The molecule has 1 saturated heterocycles. The molecule has 1 amide bonds. The highest BCUT2D eigenvalue weighted by molar-refractivity contribution is 5.94. The number of primary amides is 1. The number of carbonyl (C=O) groups excluding carboxylic acids is 1. The zero-order valence-electron chi connectivity index (χ0n) is 11.0. The largest absolute Gasteiger partial charge is 0.397 e. The first-order chi connectivity index (χ1) is 8.47. The van der Waals surface area contributed by atoms with Crippen molar-refractivity contribution >= 4 is 17.3 Å². The van der Waals surface area contributed by atoms with Crippen LogP contribution in [-0.4, -0.2) is 19.0 Å². The van der Waals surface area contributed by atoms with E-state index in [1.165, 1.54) is 6.42 Å². The number of rotatable bonds is 2. The van der Waals surface area contributed by atoms with Gasteiger partial charge >= 0.3 is 0 Å². The number of nitrogens with two attached hydrogens (primary N) is 2. The second kappa shape index (κ2) is 4.88. The monoisotopic (exact) mass is 247 g/mol. The van der Waals surface area contributed by atoms with Gasteiger partial charge in [0.05, 0.1) is 11.4 Å². The van der Waals surface area contributed by atoms with Gasteiger partial charge in [-0.2, -0.15) is 0 Å². The van der Waals surface area contributed by atoms with Crippen molar-refractivity contribution in [2.75, 3.05) is 23.7 Å². The molecule has 0 spiro atoms. The van der Waals surface area contributed by atoms with E-state index in [-0.39, 0.29) is 0 Å². The van der Waals surface area contributed by atoms with Gasteiger partial charge in [0.15, 0.2) is 0 Å². The predicted octanol–water partition coefficient (Wildman–Crippen LogP) is 1.85. The van der Waals surface area contributed by atoms with E-state index in [9.17, 15) is 4.79 Å². The highest BCUT2D eigenvalue weighted by Gasteiger charge is 2.23. The molecule has 1 aromatic carbocycles. The Morgan fingerprint density at radius 2 is 1.89 bits per heavy atom. The molecular weight excluding hydrogens is 226 g/mol. The molecule has 1 fully saturated rings. The van der Waals surface area contributed by atoms with Crippen LogP contribution in [0.25, 0.3) is 0 Å². The van der Waals surface area contributed by atoms with E-state index < -0.39 is 5.91 Å². The summed E-state index contributed by atoms with van der Waals surface area (Å²) in [6, 6.07) is 5.32. The number of amides is 1. The van der Waals surface area contributed by atoms with E-state index in [0.29, 0.717) is 23.1 Å². The number of carbonyl (C=O) groups is 1. The molecule has 0 saturated carbocycles. The number of hydrogen-bond donors (Lipinski definition) is 2. The summed E-state index contributed by atoms with van der Waals surface area (Å²) in [6.07, 6.45) is 1.26. The molecule has 18 heavy (non-hydrogen) atoms. The molecule has 0 bridgehead atoms. The highest BCUT2D eigenvalue weighted by Crippen LogP contribution is 2.30. The number of nitrogens with zero attached hydrogens (tertiary/aromatic N) is 1. The van der Waals surface area contributed by atoms with Gasteiger partial charge in [-0.05, 0) is 36.5 Å². The number of nitrogen functional groups attached to an aromatic ring is 1. The van der Waals surface area contributed by atoms with Crippen LogP contribution in [0.4, 0.5) is 11.4 Å². The fourth-order valence-electron chi connectivity index (χ4n) is 2.86. The molecular formula is C14H21N3O. The minimum atomic E-state index is -0.436. The number of anilines is 2. The second-order valence-corrected chi connectivity index (χ2v) is 5.49. The van der Waals surface area contributed by atoms with Gasteiger partial charge in [-0.3, -0.25) is 4.79 Å². The molecule has 0 unspecified atom stereocenters. The Kier molecular flexibility index (Phi) is 3.45. The fraction of sp³-hybridized carbons (Fsp3) is 0.500. The van der Waals surface area contributed by atoms with Gasteiger partial charge in [0.2, 0.25) is 5.91 Å². The lowest BCUT2D eigenvalue weighted by Crippen LogP contribution is -2.39.